The number of halogens is 1. The summed E-state index contributed by atoms with van der Waals surface area (Å²) >= 11 is 0. The lowest BCUT2D eigenvalue weighted by molar-refractivity contribution is -0.146. The molecule has 2 heterocycles. The smallest absolute Gasteiger partial charge is 0.310 e. The third-order valence-electron chi connectivity index (χ3n) is 7.29. The quantitative estimate of drug-likeness (QED) is 0.285. The molecule has 6 nitrogen and oxygen atoms in total. The van der Waals surface area contributed by atoms with Crippen LogP contribution in [-0.4, -0.2) is 62.3 Å². The number of likely N-dealkylation sites (tertiary alicyclic amines) is 1. The molecular weight excluding hydrogens is 457 g/mol. The molecule has 4 rings (SSSR count). The van der Waals surface area contributed by atoms with Crippen molar-refractivity contribution in [2.24, 2.45) is 28.2 Å². The summed E-state index contributed by atoms with van der Waals surface area (Å²) in [7, 11) is 1.48. The molecule has 1 spiro atoms. The lowest BCUT2D eigenvalue weighted by Crippen LogP contribution is -2.69. The van der Waals surface area contributed by atoms with Gasteiger partial charge in [0, 0.05) is 43.6 Å². The maximum atomic E-state index is 12.1. The SMILES string of the molecule is CCN=C(NC1C2CCOC2C12CCCC2)N1CC(C)C(C(=O)OC)C1.I. The number of guanidine groups is 1. The van der Waals surface area contributed by atoms with Gasteiger partial charge in [-0.05, 0) is 32.1 Å². The maximum Gasteiger partial charge on any atom is 0.310 e. The van der Waals surface area contributed by atoms with E-state index >= 15 is 0 Å². The molecule has 2 saturated heterocycles. The lowest BCUT2D eigenvalue weighted by atomic mass is 9.54. The molecule has 0 bridgehead atoms. The molecule has 2 aliphatic carbocycles. The second-order valence-electron chi connectivity index (χ2n) is 8.62. The highest BCUT2D eigenvalue weighted by Crippen LogP contribution is 2.60. The van der Waals surface area contributed by atoms with Gasteiger partial charge in [0.15, 0.2) is 5.96 Å². The molecule has 0 aromatic carbocycles. The Morgan fingerprint density at radius 1 is 1.33 bits per heavy atom. The van der Waals surface area contributed by atoms with Gasteiger partial charge in [-0.1, -0.05) is 19.8 Å². The van der Waals surface area contributed by atoms with Crippen LogP contribution in [0.5, 0.6) is 0 Å². The van der Waals surface area contributed by atoms with Gasteiger partial charge < -0.3 is 19.7 Å². The standard InChI is InChI=1S/C20H33N3O3.HI/c1-4-21-19(23-11-13(2)15(12-23)18(24)25-3)22-16-14-7-10-26-17(14)20(16)8-5-6-9-20;/h13-17H,4-12H2,1-3H3,(H,21,22);1H. The van der Waals surface area contributed by atoms with Crippen molar-refractivity contribution in [1.82, 2.24) is 10.2 Å². The largest absolute Gasteiger partial charge is 0.469 e. The molecule has 0 aromatic rings. The minimum absolute atomic E-state index is 0. The highest BCUT2D eigenvalue weighted by atomic mass is 127. The van der Waals surface area contributed by atoms with Gasteiger partial charge in [-0.15, -0.1) is 24.0 Å². The molecule has 27 heavy (non-hydrogen) atoms. The number of carbonyl (C=O) groups excluding carboxylic acids is 1. The van der Waals surface area contributed by atoms with Crippen LogP contribution in [0.1, 0.15) is 46.0 Å². The maximum absolute atomic E-state index is 12.1. The molecule has 0 radical (unpaired) electrons. The summed E-state index contributed by atoms with van der Waals surface area (Å²) in [6.45, 7) is 7.42. The fourth-order valence-electron chi connectivity index (χ4n) is 6.03. The molecule has 7 heteroatoms. The topological polar surface area (TPSA) is 63.2 Å². The van der Waals surface area contributed by atoms with E-state index in [1.54, 1.807) is 0 Å². The predicted molar refractivity (Wildman–Crippen MR) is 115 cm³/mol. The third kappa shape index (κ3) is 3.47. The number of methoxy groups -OCH3 is 1. The van der Waals surface area contributed by atoms with Gasteiger partial charge >= 0.3 is 5.97 Å². The number of rotatable bonds is 3. The Morgan fingerprint density at radius 3 is 2.74 bits per heavy atom. The minimum Gasteiger partial charge on any atom is -0.469 e. The van der Waals surface area contributed by atoms with Gasteiger partial charge in [0.2, 0.25) is 0 Å². The summed E-state index contributed by atoms with van der Waals surface area (Å²) in [6, 6.07) is 0.468. The van der Waals surface area contributed by atoms with Gasteiger partial charge in [-0.3, -0.25) is 9.79 Å². The van der Waals surface area contributed by atoms with Crippen molar-refractivity contribution in [2.75, 3.05) is 33.4 Å². The van der Waals surface area contributed by atoms with Crippen molar-refractivity contribution < 1.29 is 14.3 Å². The summed E-state index contributed by atoms with van der Waals surface area (Å²) in [4.78, 5) is 19.1. The second-order valence-corrected chi connectivity index (χ2v) is 8.62. The van der Waals surface area contributed by atoms with Crippen LogP contribution in [0.25, 0.3) is 0 Å². The summed E-state index contributed by atoms with van der Waals surface area (Å²) in [6.07, 6.45) is 6.78. The van der Waals surface area contributed by atoms with Crippen LogP contribution in [0.3, 0.4) is 0 Å². The Kier molecular flexibility index (Phi) is 6.60. The molecule has 4 aliphatic rings. The number of ether oxygens (including phenoxy) is 2. The first-order valence-electron chi connectivity index (χ1n) is 10.4. The van der Waals surface area contributed by atoms with Crippen LogP contribution >= 0.6 is 24.0 Å². The molecule has 0 amide bonds. The Bertz CT molecular complexity index is 579. The lowest BCUT2D eigenvalue weighted by Gasteiger charge is -2.57. The van der Waals surface area contributed by atoms with Crippen molar-refractivity contribution >= 4 is 35.9 Å². The van der Waals surface area contributed by atoms with Crippen LogP contribution in [0.4, 0.5) is 0 Å². The Labute approximate surface area is 179 Å². The van der Waals surface area contributed by atoms with E-state index in [0.717, 1.165) is 32.1 Å². The fraction of sp³-hybridized carbons (Fsp3) is 0.900. The van der Waals surface area contributed by atoms with Crippen molar-refractivity contribution in [2.45, 2.75) is 58.1 Å². The highest BCUT2D eigenvalue weighted by molar-refractivity contribution is 14.0. The summed E-state index contributed by atoms with van der Waals surface area (Å²) in [5.74, 6) is 1.72. The van der Waals surface area contributed by atoms with Crippen LogP contribution in [0.15, 0.2) is 4.99 Å². The van der Waals surface area contributed by atoms with Crippen molar-refractivity contribution in [1.29, 1.82) is 0 Å². The molecule has 4 fully saturated rings. The number of hydrogen-bond acceptors (Lipinski definition) is 4. The molecule has 2 aliphatic heterocycles. The van der Waals surface area contributed by atoms with Gasteiger partial charge in [0.25, 0.3) is 0 Å². The molecule has 5 unspecified atom stereocenters. The van der Waals surface area contributed by atoms with Crippen LogP contribution < -0.4 is 5.32 Å². The zero-order valence-corrected chi connectivity index (χ0v) is 19.1. The van der Waals surface area contributed by atoms with Gasteiger partial charge in [0.05, 0.1) is 19.1 Å². The zero-order chi connectivity index (χ0) is 18.3. The van der Waals surface area contributed by atoms with Gasteiger partial charge in [-0.25, -0.2) is 0 Å². The van der Waals surface area contributed by atoms with Gasteiger partial charge in [-0.2, -0.15) is 0 Å². The molecule has 1 N–H and O–H groups in total. The predicted octanol–water partition coefficient (Wildman–Crippen LogP) is 2.66. The Hall–Kier alpha value is -0.570. The number of carbonyl (C=O) groups is 1. The van der Waals surface area contributed by atoms with Gasteiger partial charge in [0.1, 0.15) is 0 Å². The third-order valence-corrected chi connectivity index (χ3v) is 7.29. The summed E-state index contributed by atoms with van der Waals surface area (Å²) in [5.41, 5.74) is 0.308. The van der Waals surface area contributed by atoms with E-state index in [1.807, 2.05) is 0 Å². The van der Waals surface area contributed by atoms with E-state index in [0.29, 0.717) is 30.0 Å². The molecule has 154 valence electrons. The minimum atomic E-state index is -0.101. The number of hydrogen-bond donors (Lipinski definition) is 1. The first kappa shape index (κ1) is 21.1. The number of esters is 1. The first-order chi connectivity index (χ1) is 12.6. The van der Waals surface area contributed by atoms with Crippen LogP contribution in [0.2, 0.25) is 0 Å². The Balaban J connectivity index is 0.00000210. The summed E-state index contributed by atoms with van der Waals surface area (Å²) in [5, 5.41) is 3.84. The monoisotopic (exact) mass is 491 g/mol. The number of fused-ring (bicyclic) bond motifs is 2. The van der Waals surface area contributed by atoms with Crippen molar-refractivity contribution in [3.8, 4) is 0 Å². The number of nitrogens with one attached hydrogen (secondary N) is 1. The van der Waals surface area contributed by atoms with E-state index < -0.39 is 0 Å². The zero-order valence-electron chi connectivity index (χ0n) is 16.8. The van der Waals surface area contributed by atoms with E-state index in [2.05, 4.69) is 24.1 Å². The average Bonchev–Trinajstić information content (AvgIpc) is 3.36. The van der Waals surface area contributed by atoms with E-state index in [9.17, 15) is 4.79 Å². The molecule has 2 saturated carbocycles. The second kappa shape index (κ2) is 8.43. The molecule has 0 aromatic heterocycles. The fourth-order valence-corrected chi connectivity index (χ4v) is 6.03. The summed E-state index contributed by atoms with van der Waals surface area (Å²) < 4.78 is 11.1. The van der Waals surface area contributed by atoms with E-state index in [4.69, 9.17) is 14.5 Å². The number of aliphatic imine (C=N–C) groups is 1. The van der Waals surface area contributed by atoms with Crippen LogP contribution in [-0.2, 0) is 14.3 Å². The molecule has 5 atom stereocenters. The Morgan fingerprint density at radius 2 is 2.07 bits per heavy atom. The van der Waals surface area contributed by atoms with Crippen molar-refractivity contribution in [3.05, 3.63) is 0 Å². The van der Waals surface area contributed by atoms with Crippen molar-refractivity contribution in [3.63, 3.8) is 0 Å². The average molecular weight is 491 g/mol. The number of nitrogens with zero attached hydrogens (tertiary/aromatic N) is 2. The molecular formula is C20H34IN3O3. The first-order valence-corrected chi connectivity index (χ1v) is 10.4. The van der Waals surface area contributed by atoms with Crippen LogP contribution in [0, 0.1) is 23.2 Å². The van der Waals surface area contributed by atoms with E-state index in [1.165, 1.54) is 32.8 Å². The highest BCUT2D eigenvalue weighted by Gasteiger charge is 2.65. The van der Waals surface area contributed by atoms with E-state index in [-0.39, 0.29) is 41.8 Å². The normalized spacial score (nSPS) is 36.9.